The summed E-state index contributed by atoms with van der Waals surface area (Å²) >= 11 is 0. The molecule has 6 heteroatoms. The molecule has 2 aromatic rings. The van der Waals surface area contributed by atoms with Gasteiger partial charge in [-0.15, -0.1) is 5.10 Å². The lowest BCUT2D eigenvalue weighted by atomic mass is 10.1. The number of rotatable bonds is 6. The van der Waals surface area contributed by atoms with E-state index < -0.39 is 0 Å². The van der Waals surface area contributed by atoms with Crippen molar-refractivity contribution in [2.24, 2.45) is 5.92 Å². The average molecular weight is 277 g/mol. The van der Waals surface area contributed by atoms with Crippen LogP contribution in [0, 0.1) is 11.7 Å². The van der Waals surface area contributed by atoms with Crippen LogP contribution in [0.5, 0.6) is 0 Å². The summed E-state index contributed by atoms with van der Waals surface area (Å²) in [4.78, 5) is 0. The Hall–Kier alpha value is -1.98. The molecule has 0 saturated heterocycles. The van der Waals surface area contributed by atoms with Crippen LogP contribution >= 0.6 is 0 Å². The number of anilines is 1. The lowest BCUT2D eigenvalue weighted by Gasteiger charge is -2.07. The zero-order chi connectivity index (χ0) is 14.5. The minimum atomic E-state index is -0.380. The second-order valence-electron chi connectivity index (χ2n) is 5.39. The predicted octanol–water partition coefficient (Wildman–Crippen LogP) is 2.89. The number of nitrogen functional groups attached to an aromatic ring is 1. The highest BCUT2D eigenvalue weighted by atomic mass is 19.1. The zero-order valence-corrected chi connectivity index (χ0v) is 11.9. The minimum absolute atomic E-state index is 0.370. The second kappa shape index (κ2) is 6.45. The normalized spacial score (nSPS) is 11.2. The molecule has 0 bridgehead atoms. The molecule has 0 aliphatic heterocycles. The summed E-state index contributed by atoms with van der Waals surface area (Å²) in [6.07, 6.45) is 3.31. The van der Waals surface area contributed by atoms with E-state index in [4.69, 9.17) is 5.73 Å². The van der Waals surface area contributed by atoms with Gasteiger partial charge in [-0.2, -0.15) is 0 Å². The summed E-state index contributed by atoms with van der Waals surface area (Å²) in [7, 11) is 0. The first-order chi connectivity index (χ1) is 9.56. The van der Waals surface area contributed by atoms with Crippen molar-refractivity contribution >= 4 is 5.69 Å². The van der Waals surface area contributed by atoms with Crippen LogP contribution in [0.25, 0.3) is 11.4 Å². The van der Waals surface area contributed by atoms with Crippen LogP contribution in [0.3, 0.4) is 0 Å². The third-order valence-electron chi connectivity index (χ3n) is 3.11. The quantitative estimate of drug-likeness (QED) is 0.651. The molecule has 0 unspecified atom stereocenters. The molecule has 0 aliphatic carbocycles. The molecule has 20 heavy (non-hydrogen) atoms. The Labute approximate surface area is 118 Å². The van der Waals surface area contributed by atoms with Gasteiger partial charge < -0.3 is 5.73 Å². The molecule has 108 valence electrons. The van der Waals surface area contributed by atoms with Gasteiger partial charge in [-0.25, -0.2) is 9.07 Å². The van der Waals surface area contributed by atoms with E-state index in [0.717, 1.165) is 19.4 Å². The third-order valence-corrected chi connectivity index (χ3v) is 3.11. The highest BCUT2D eigenvalue weighted by Gasteiger charge is 2.10. The molecule has 1 heterocycles. The fourth-order valence-corrected chi connectivity index (χ4v) is 2.12. The van der Waals surface area contributed by atoms with Gasteiger partial charge in [-0.3, -0.25) is 0 Å². The van der Waals surface area contributed by atoms with Gasteiger partial charge >= 0.3 is 0 Å². The summed E-state index contributed by atoms with van der Waals surface area (Å²) < 4.78 is 15.1. The van der Waals surface area contributed by atoms with Gasteiger partial charge in [0.1, 0.15) is 5.82 Å². The zero-order valence-electron chi connectivity index (χ0n) is 11.9. The molecule has 0 atom stereocenters. The Morgan fingerprint density at radius 2 is 2.05 bits per heavy atom. The minimum Gasteiger partial charge on any atom is -0.399 e. The number of hydrogen-bond acceptors (Lipinski definition) is 4. The van der Waals surface area contributed by atoms with E-state index in [1.807, 2.05) is 0 Å². The maximum Gasteiger partial charge on any atom is 0.182 e. The van der Waals surface area contributed by atoms with Crippen LogP contribution in [-0.4, -0.2) is 20.2 Å². The number of nitrogens with two attached hydrogens (primary N) is 1. The molecule has 0 fully saturated rings. The van der Waals surface area contributed by atoms with Gasteiger partial charge in [0.05, 0.1) is 0 Å². The molecule has 0 spiro atoms. The molecule has 1 aromatic heterocycles. The molecule has 5 nitrogen and oxygen atoms in total. The summed E-state index contributed by atoms with van der Waals surface area (Å²) in [5, 5.41) is 11.6. The van der Waals surface area contributed by atoms with Gasteiger partial charge in [0.15, 0.2) is 5.82 Å². The first-order valence-electron chi connectivity index (χ1n) is 6.89. The topological polar surface area (TPSA) is 69.6 Å². The summed E-state index contributed by atoms with van der Waals surface area (Å²) in [5.41, 5.74) is 6.63. The Morgan fingerprint density at radius 1 is 1.25 bits per heavy atom. The smallest absolute Gasteiger partial charge is 0.182 e. The molecular weight excluding hydrogens is 257 g/mol. The van der Waals surface area contributed by atoms with Crippen molar-refractivity contribution < 1.29 is 4.39 Å². The lowest BCUT2D eigenvalue weighted by molar-refractivity contribution is 0.487. The number of hydrogen-bond donors (Lipinski definition) is 1. The van der Waals surface area contributed by atoms with Gasteiger partial charge in [0.2, 0.25) is 0 Å². The molecule has 0 saturated carbocycles. The van der Waals surface area contributed by atoms with Gasteiger partial charge in [0.25, 0.3) is 0 Å². The van der Waals surface area contributed by atoms with Crippen molar-refractivity contribution in [1.29, 1.82) is 0 Å². The van der Waals surface area contributed by atoms with E-state index in [-0.39, 0.29) is 5.82 Å². The van der Waals surface area contributed by atoms with E-state index in [1.54, 1.807) is 10.7 Å². The first kappa shape index (κ1) is 14.4. The number of halogens is 1. The van der Waals surface area contributed by atoms with E-state index in [1.165, 1.54) is 18.6 Å². The summed E-state index contributed by atoms with van der Waals surface area (Å²) in [5.74, 6) is 0.876. The Bertz CT molecular complexity index is 544. The van der Waals surface area contributed by atoms with Crippen LogP contribution in [0.4, 0.5) is 10.1 Å². The lowest BCUT2D eigenvalue weighted by Crippen LogP contribution is -2.04. The molecule has 0 radical (unpaired) electrons. The predicted molar refractivity (Wildman–Crippen MR) is 76.3 cm³/mol. The van der Waals surface area contributed by atoms with Crippen molar-refractivity contribution in [3.05, 3.63) is 24.0 Å². The van der Waals surface area contributed by atoms with Crippen molar-refractivity contribution in [2.45, 2.75) is 39.7 Å². The third kappa shape index (κ3) is 3.76. The van der Waals surface area contributed by atoms with Crippen LogP contribution in [0.15, 0.2) is 18.2 Å². The fraction of sp³-hybridized carbons (Fsp3) is 0.500. The van der Waals surface area contributed by atoms with Gasteiger partial charge in [0, 0.05) is 17.8 Å². The number of nitrogens with zero attached hydrogens (tertiary/aromatic N) is 4. The highest BCUT2D eigenvalue weighted by molar-refractivity contribution is 5.61. The van der Waals surface area contributed by atoms with Crippen LogP contribution < -0.4 is 5.73 Å². The maximum absolute atomic E-state index is 13.4. The number of unbranched alkanes of at least 4 members (excludes halogenated alkanes) is 1. The van der Waals surface area contributed by atoms with Crippen molar-refractivity contribution in [3.8, 4) is 11.4 Å². The summed E-state index contributed by atoms with van der Waals surface area (Å²) in [6, 6.07) is 4.35. The number of aryl methyl sites for hydroxylation is 1. The van der Waals surface area contributed by atoms with Crippen LogP contribution in [0.2, 0.25) is 0 Å². The monoisotopic (exact) mass is 277 g/mol. The van der Waals surface area contributed by atoms with Crippen molar-refractivity contribution in [1.82, 2.24) is 20.2 Å². The summed E-state index contributed by atoms with van der Waals surface area (Å²) in [6.45, 7) is 5.14. The number of tetrazole rings is 1. The van der Waals surface area contributed by atoms with Crippen molar-refractivity contribution in [2.75, 3.05) is 5.73 Å². The van der Waals surface area contributed by atoms with Gasteiger partial charge in [-0.05, 0) is 41.0 Å². The van der Waals surface area contributed by atoms with Gasteiger partial charge in [-0.1, -0.05) is 26.7 Å². The molecule has 0 amide bonds. The molecule has 0 aliphatic rings. The second-order valence-corrected chi connectivity index (χ2v) is 5.39. The maximum atomic E-state index is 13.4. The van der Waals surface area contributed by atoms with Crippen LogP contribution in [-0.2, 0) is 6.54 Å². The van der Waals surface area contributed by atoms with E-state index in [9.17, 15) is 4.39 Å². The number of benzene rings is 1. The largest absolute Gasteiger partial charge is 0.399 e. The van der Waals surface area contributed by atoms with E-state index >= 15 is 0 Å². The SMILES string of the molecule is CC(C)CCCCn1nnnc1-c1cc(N)cc(F)c1. The Balaban J connectivity index is 2.08. The average Bonchev–Trinajstić information content (AvgIpc) is 2.81. The Kier molecular flexibility index (Phi) is 4.65. The van der Waals surface area contributed by atoms with Crippen molar-refractivity contribution in [3.63, 3.8) is 0 Å². The van der Waals surface area contributed by atoms with E-state index in [0.29, 0.717) is 23.0 Å². The highest BCUT2D eigenvalue weighted by Crippen LogP contribution is 2.21. The first-order valence-corrected chi connectivity index (χ1v) is 6.89. The number of aromatic nitrogens is 4. The van der Waals surface area contributed by atoms with Crippen LogP contribution in [0.1, 0.15) is 33.1 Å². The molecule has 2 rings (SSSR count). The molecule has 2 N–H and O–H groups in total. The standard InChI is InChI=1S/C14H20FN5/c1-10(2)5-3-4-6-20-14(17-18-19-20)11-7-12(15)9-13(16)8-11/h7-10H,3-6,16H2,1-2H3. The Morgan fingerprint density at radius 3 is 2.75 bits per heavy atom. The fourth-order valence-electron chi connectivity index (χ4n) is 2.12. The molecular formula is C14H20FN5. The van der Waals surface area contributed by atoms with E-state index in [2.05, 4.69) is 29.4 Å². The molecule has 1 aromatic carbocycles.